The molecule has 14 heteroatoms. The summed E-state index contributed by atoms with van der Waals surface area (Å²) in [6.07, 6.45) is 0. The van der Waals surface area contributed by atoms with E-state index in [9.17, 15) is 19.2 Å². The van der Waals surface area contributed by atoms with Crippen molar-refractivity contribution in [3.05, 3.63) is 0 Å². The zero-order chi connectivity index (χ0) is 23.4. The monoisotopic (exact) mass is 438 g/mol. The van der Waals surface area contributed by atoms with Gasteiger partial charge in [-0.3, -0.25) is 31.5 Å². The minimum Gasteiger partial charge on any atom is -0.459 e. The van der Waals surface area contributed by atoms with Crippen LogP contribution in [0.1, 0.15) is 13.8 Å². The number of hydrazine groups is 2. The van der Waals surface area contributed by atoms with Crippen molar-refractivity contribution in [1.82, 2.24) is 15.2 Å². The predicted molar refractivity (Wildman–Crippen MR) is 105 cm³/mol. The summed E-state index contributed by atoms with van der Waals surface area (Å²) in [5, 5.41) is 7.57. The number of ether oxygens (including phenoxy) is 3. The summed E-state index contributed by atoms with van der Waals surface area (Å²) in [4.78, 5) is 47.0. The lowest BCUT2D eigenvalue weighted by Crippen LogP contribution is -2.49. The summed E-state index contributed by atoms with van der Waals surface area (Å²) in [6.45, 7) is 7.61. The van der Waals surface area contributed by atoms with Crippen molar-refractivity contribution in [1.29, 1.82) is 0 Å². The van der Waals surface area contributed by atoms with Crippen molar-refractivity contribution >= 4 is 23.7 Å². The number of nitrogens with one attached hydrogen (secondary N) is 1. The van der Waals surface area contributed by atoms with Gasteiger partial charge in [-0.15, -0.1) is 0 Å². The molecule has 0 atom stereocenters. The van der Waals surface area contributed by atoms with E-state index < -0.39 is 23.7 Å². The van der Waals surface area contributed by atoms with Crippen LogP contribution in [0.2, 0.25) is 0 Å². The lowest BCUT2D eigenvalue weighted by Gasteiger charge is -2.25. The number of carbonyl (C=O) groups is 4. The maximum atomic E-state index is 11.3. The molecular weight excluding hydrogens is 404 g/mol. The molecule has 2 rings (SSSR count). The standard InChI is InChI=1S/C8H13NO4.C6H11N3O3.C2H6O.H4N2/c1-2-13-8(11)7(10)9-3-5-12-6-4-9;7-8-5(10)6(11)9-1-3-12-4-2-9;1-2-3;1-2/h2-6H2,1H3;1-4,7H2,(H,8,10);3H,2H2,1H3;1-2H2. The van der Waals surface area contributed by atoms with E-state index in [-0.39, 0.29) is 13.2 Å². The second-order valence-electron chi connectivity index (χ2n) is 5.32. The zero-order valence-electron chi connectivity index (χ0n) is 17.5. The SMILES string of the molecule is CCO.CCOC(=O)C(=O)N1CCOCC1.NN.NNC(=O)C(=O)N1CCOCC1. The zero-order valence-corrected chi connectivity index (χ0v) is 17.5. The highest BCUT2D eigenvalue weighted by molar-refractivity contribution is 6.34. The molecule has 0 bridgehead atoms. The Hall–Kier alpha value is -2.36. The number of rotatable bonds is 1. The van der Waals surface area contributed by atoms with Crippen LogP contribution in [0.4, 0.5) is 0 Å². The number of amides is 3. The number of hydrogen-bond acceptors (Lipinski definition) is 11. The lowest BCUT2D eigenvalue weighted by molar-refractivity contribution is -0.161. The number of aliphatic hydroxyl groups is 1. The van der Waals surface area contributed by atoms with Gasteiger partial charge < -0.3 is 29.1 Å². The molecule has 0 spiro atoms. The summed E-state index contributed by atoms with van der Waals surface area (Å²) in [7, 11) is 0. The summed E-state index contributed by atoms with van der Waals surface area (Å²) < 4.78 is 14.6. The quantitative estimate of drug-likeness (QED) is 0.0876. The van der Waals surface area contributed by atoms with Crippen LogP contribution in [0.25, 0.3) is 0 Å². The fourth-order valence-electron chi connectivity index (χ4n) is 2.06. The first-order valence-electron chi connectivity index (χ1n) is 9.28. The molecular formula is C16H34N6O8. The first-order valence-corrected chi connectivity index (χ1v) is 9.28. The molecule has 2 aliphatic rings. The third-order valence-electron chi connectivity index (χ3n) is 3.37. The van der Waals surface area contributed by atoms with Crippen LogP contribution in [0.15, 0.2) is 0 Å². The van der Waals surface area contributed by atoms with E-state index in [1.807, 2.05) is 0 Å². The molecule has 3 amide bonds. The van der Waals surface area contributed by atoms with Crippen LogP contribution >= 0.6 is 0 Å². The smallest absolute Gasteiger partial charge is 0.397 e. The first-order chi connectivity index (χ1) is 14.4. The first kappa shape index (κ1) is 29.8. The normalized spacial score (nSPS) is 15.0. The molecule has 176 valence electrons. The van der Waals surface area contributed by atoms with Crippen LogP contribution in [-0.4, -0.2) is 104 Å². The van der Waals surface area contributed by atoms with E-state index in [0.29, 0.717) is 52.6 Å². The van der Waals surface area contributed by atoms with Gasteiger partial charge in [-0.25, -0.2) is 10.6 Å². The van der Waals surface area contributed by atoms with Gasteiger partial charge in [0.25, 0.3) is 0 Å². The van der Waals surface area contributed by atoms with Gasteiger partial charge in [0.15, 0.2) is 0 Å². The summed E-state index contributed by atoms with van der Waals surface area (Å²) in [5.74, 6) is 10.1. The van der Waals surface area contributed by atoms with Crippen molar-refractivity contribution in [3.63, 3.8) is 0 Å². The average Bonchev–Trinajstić information content (AvgIpc) is 2.81. The van der Waals surface area contributed by atoms with E-state index >= 15 is 0 Å². The average molecular weight is 438 g/mol. The van der Waals surface area contributed by atoms with Gasteiger partial charge in [0.05, 0.1) is 33.0 Å². The highest BCUT2D eigenvalue weighted by Gasteiger charge is 2.24. The minimum atomic E-state index is -0.781. The second kappa shape index (κ2) is 19.9. The van der Waals surface area contributed by atoms with Crippen LogP contribution in [0.3, 0.4) is 0 Å². The molecule has 2 heterocycles. The van der Waals surface area contributed by atoms with Crippen LogP contribution in [-0.2, 0) is 33.4 Å². The Bertz CT molecular complexity index is 496. The van der Waals surface area contributed by atoms with Crippen LogP contribution in [0, 0.1) is 0 Å². The molecule has 0 aromatic carbocycles. The molecule has 0 aliphatic carbocycles. The van der Waals surface area contributed by atoms with E-state index in [0.717, 1.165) is 0 Å². The van der Waals surface area contributed by atoms with Crippen molar-refractivity contribution in [2.24, 2.45) is 17.5 Å². The Balaban J connectivity index is 0. The predicted octanol–water partition coefficient (Wildman–Crippen LogP) is -3.94. The number of carbonyl (C=O) groups excluding carboxylic acids is 4. The Morgan fingerprint density at radius 3 is 1.60 bits per heavy atom. The topological polar surface area (TPSA) is 213 Å². The third kappa shape index (κ3) is 13.0. The van der Waals surface area contributed by atoms with Crippen molar-refractivity contribution in [3.8, 4) is 0 Å². The van der Waals surface area contributed by atoms with Crippen LogP contribution < -0.4 is 23.0 Å². The molecule has 14 nitrogen and oxygen atoms in total. The Morgan fingerprint density at radius 2 is 1.27 bits per heavy atom. The highest BCUT2D eigenvalue weighted by Crippen LogP contribution is 1.98. The lowest BCUT2D eigenvalue weighted by atomic mass is 10.4. The van der Waals surface area contributed by atoms with Gasteiger partial charge in [0.1, 0.15) is 0 Å². The number of aliphatic hydroxyl groups excluding tert-OH is 1. The third-order valence-corrected chi connectivity index (χ3v) is 3.37. The molecule has 0 aromatic heterocycles. The molecule has 2 fully saturated rings. The fraction of sp³-hybridized carbons (Fsp3) is 0.750. The largest absolute Gasteiger partial charge is 0.459 e. The number of nitrogens with zero attached hydrogens (tertiary/aromatic N) is 2. The molecule has 2 saturated heterocycles. The maximum Gasteiger partial charge on any atom is 0.397 e. The molecule has 0 radical (unpaired) electrons. The Labute approximate surface area is 175 Å². The molecule has 0 saturated carbocycles. The second-order valence-corrected chi connectivity index (χ2v) is 5.32. The van der Waals surface area contributed by atoms with Gasteiger partial charge in [0.2, 0.25) is 0 Å². The van der Waals surface area contributed by atoms with E-state index in [4.69, 9.17) is 20.4 Å². The Kier molecular flexibility index (Phi) is 19.8. The van der Waals surface area contributed by atoms with Crippen molar-refractivity contribution in [2.45, 2.75) is 13.8 Å². The number of morpholine rings is 2. The fourth-order valence-corrected chi connectivity index (χ4v) is 2.06. The van der Waals surface area contributed by atoms with Gasteiger partial charge >= 0.3 is 23.7 Å². The summed E-state index contributed by atoms with van der Waals surface area (Å²) in [5.41, 5.74) is 1.79. The number of hydrogen-bond donors (Lipinski definition) is 5. The van der Waals surface area contributed by atoms with E-state index in [1.54, 1.807) is 19.3 Å². The Morgan fingerprint density at radius 1 is 0.900 bits per heavy atom. The summed E-state index contributed by atoms with van der Waals surface area (Å²) >= 11 is 0. The molecule has 30 heavy (non-hydrogen) atoms. The molecule has 0 aromatic rings. The number of nitrogens with two attached hydrogens (primary N) is 3. The summed E-state index contributed by atoms with van der Waals surface area (Å²) in [6, 6.07) is 0. The van der Waals surface area contributed by atoms with Gasteiger partial charge in [0, 0.05) is 32.8 Å². The van der Waals surface area contributed by atoms with Crippen molar-refractivity contribution in [2.75, 3.05) is 65.8 Å². The molecule has 8 N–H and O–H groups in total. The van der Waals surface area contributed by atoms with Crippen LogP contribution in [0.5, 0.6) is 0 Å². The van der Waals surface area contributed by atoms with Gasteiger partial charge in [-0.05, 0) is 13.8 Å². The van der Waals surface area contributed by atoms with Gasteiger partial charge in [-0.2, -0.15) is 0 Å². The van der Waals surface area contributed by atoms with Gasteiger partial charge in [-0.1, -0.05) is 0 Å². The van der Waals surface area contributed by atoms with Crippen molar-refractivity contribution < 1.29 is 38.5 Å². The molecule has 2 aliphatic heterocycles. The van der Waals surface area contributed by atoms with E-state index in [1.165, 1.54) is 9.80 Å². The van der Waals surface area contributed by atoms with E-state index in [2.05, 4.69) is 16.4 Å². The minimum absolute atomic E-state index is 0.231. The maximum absolute atomic E-state index is 11.3. The molecule has 0 unspecified atom stereocenters. The number of esters is 1. The highest BCUT2D eigenvalue weighted by atomic mass is 16.5.